The number of hydrogen-bond acceptors (Lipinski definition) is 5. The third-order valence-corrected chi connectivity index (χ3v) is 6.32. The fourth-order valence-corrected chi connectivity index (χ4v) is 4.39. The van der Waals surface area contributed by atoms with Crippen molar-refractivity contribution in [3.05, 3.63) is 60.7 Å². The standard InChI is InChI=1S/C21H23N3O3S/c1-24-13-14-27-21-10-9-17(15-20(21)24)28(25,26)23-12-11-22-19-8-4-6-16-5-2-3-7-18(16)19/h2-10,15,22-23H,11-14H2,1H3. The summed E-state index contributed by atoms with van der Waals surface area (Å²) in [7, 11) is -1.66. The maximum atomic E-state index is 12.7. The molecule has 0 saturated heterocycles. The zero-order valence-corrected chi connectivity index (χ0v) is 16.5. The van der Waals surface area contributed by atoms with E-state index >= 15 is 0 Å². The second kappa shape index (κ2) is 7.69. The molecule has 0 bridgehead atoms. The van der Waals surface area contributed by atoms with Crippen LogP contribution in [-0.2, 0) is 10.0 Å². The normalized spacial score (nSPS) is 13.8. The molecule has 0 spiro atoms. The van der Waals surface area contributed by atoms with Crippen molar-refractivity contribution < 1.29 is 13.2 Å². The zero-order chi connectivity index (χ0) is 19.6. The van der Waals surface area contributed by atoms with E-state index in [1.165, 1.54) is 0 Å². The van der Waals surface area contributed by atoms with Crippen molar-refractivity contribution in [3.8, 4) is 5.75 Å². The van der Waals surface area contributed by atoms with Crippen molar-refractivity contribution in [1.29, 1.82) is 0 Å². The van der Waals surface area contributed by atoms with Crippen molar-refractivity contribution in [2.45, 2.75) is 4.90 Å². The van der Waals surface area contributed by atoms with E-state index in [2.05, 4.69) is 22.2 Å². The minimum atomic E-state index is -3.59. The van der Waals surface area contributed by atoms with E-state index in [0.717, 1.165) is 28.7 Å². The molecule has 3 aromatic rings. The molecule has 2 N–H and O–H groups in total. The molecule has 4 rings (SSSR count). The number of fused-ring (bicyclic) bond motifs is 2. The Hall–Kier alpha value is -2.77. The maximum absolute atomic E-state index is 12.7. The molecule has 1 heterocycles. The fraction of sp³-hybridized carbons (Fsp3) is 0.238. The van der Waals surface area contributed by atoms with Gasteiger partial charge in [0.1, 0.15) is 12.4 Å². The molecule has 7 heteroatoms. The summed E-state index contributed by atoms with van der Waals surface area (Å²) in [6, 6.07) is 19.1. The van der Waals surface area contributed by atoms with Crippen LogP contribution in [0.3, 0.4) is 0 Å². The minimum Gasteiger partial charge on any atom is -0.490 e. The van der Waals surface area contributed by atoms with Gasteiger partial charge in [-0.25, -0.2) is 13.1 Å². The van der Waals surface area contributed by atoms with Crippen LogP contribution >= 0.6 is 0 Å². The molecule has 0 atom stereocenters. The Labute approximate surface area is 165 Å². The number of nitrogens with zero attached hydrogens (tertiary/aromatic N) is 1. The van der Waals surface area contributed by atoms with Gasteiger partial charge in [0.2, 0.25) is 10.0 Å². The summed E-state index contributed by atoms with van der Waals surface area (Å²) in [6.07, 6.45) is 0. The highest BCUT2D eigenvalue weighted by Gasteiger charge is 2.20. The van der Waals surface area contributed by atoms with Crippen LogP contribution in [0.5, 0.6) is 5.75 Å². The van der Waals surface area contributed by atoms with Crippen molar-refractivity contribution in [2.24, 2.45) is 0 Å². The Morgan fingerprint density at radius 1 is 1.04 bits per heavy atom. The van der Waals surface area contributed by atoms with Crippen LogP contribution in [0.4, 0.5) is 11.4 Å². The molecule has 28 heavy (non-hydrogen) atoms. The van der Waals surface area contributed by atoms with Crippen LogP contribution in [0.2, 0.25) is 0 Å². The fourth-order valence-electron chi connectivity index (χ4n) is 3.34. The van der Waals surface area contributed by atoms with Gasteiger partial charge in [-0.2, -0.15) is 0 Å². The average molecular weight is 398 g/mol. The SMILES string of the molecule is CN1CCOc2ccc(S(=O)(=O)NCCNc3cccc4ccccc34)cc21. The highest BCUT2D eigenvalue weighted by atomic mass is 32.2. The molecule has 0 aromatic heterocycles. The number of hydrogen-bond donors (Lipinski definition) is 2. The summed E-state index contributed by atoms with van der Waals surface area (Å²) in [5, 5.41) is 5.58. The van der Waals surface area contributed by atoms with E-state index in [-0.39, 0.29) is 11.4 Å². The lowest BCUT2D eigenvalue weighted by Gasteiger charge is -2.28. The topological polar surface area (TPSA) is 70.7 Å². The Balaban J connectivity index is 1.41. The summed E-state index contributed by atoms with van der Waals surface area (Å²) in [5.41, 5.74) is 1.79. The molecule has 3 aromatic carbocycles. The Bertz CT molecular complexity index is 1090. The number of benzene rings is 3. The van der Waals surface area contributed by atoms with Gasteiger partial charge in [0.05, 0.1) is 17.1 Å². The average Bonchev–Trinajstić information content (AvgIpc) is 2.71. The van der Waals surface area contributed by atoms with E-state index in [9.17, 15) is 8.42 Å². The quantitative estimate of drug-likeness (QED) is 0.626. The summed E-state index contributed by atoms with van der Waals surface area (Å²) in [4.78, 5) is 2.24. The first kappa shape index (κ1) is 18.6. The number of nitrogens with one attached hydrogen (secondary N) is 2. The maximum Gasteiger partial charge on any atom is 0.240 e. The predicted molar refractivity (Wildman–Crippen MR) is 113 cm³/mol. The molecule has 0 fully saturated rings. The number of sulfonamides is 1. The molecule has 1 aliphatic rings. The van der Waals surface area contributed by atoms with Crippen molar-refractivity contribution in [3.63, 3.8) is 0 Å². The van der Waals surface area contributed by atoms with Gasteiger partial charge in [-0.15, -0.1) is 0 Å². The van der Waals surface area contributed by atoms with Gasteiger partial charge in [-0.1, -0.05) is 36.4 Å². The molecule has 0 aliphatic carbocycles. The molecular weight excluding hydrogens is 374 g/mol. The summed E-state index contributed by atoms with van der Waals surface area (Å²) in [5.74, 6) is 0.713. The van der Waals surface area contributed by atoms with Crippen molar-refractivity contribution >= 4 is 32.2 Å². The highest BCUT2D eigenvalue weighted by Crippen LogP contribution is 2.32. The molecular formula is C21H23N3O3S. The van der Waals surface area contributed by atoms with Gasteiger partial charge >= 0.3 is 0 Å². The third kappa shape index (κ3) is 3.76. The molecule has 0 saturated carbocycles. The van der Waals surface area contributed by atoms with Crippen LogP contribution in [0.15, 0.2) is 65.6 Å². The lowest BCUT2D eigenvalue weighted by Crippen LogP contribution is -2.31. The van der Waals surface area contributed by atoms with Crippen LogP contribution in [0.25, 0.3) is 10.8 Å². The van der Waals surface area contributed by atoms with Gasteiger partial charge in [0, 0.05) is 31.2 Å². The molecule has 1 aliphatic heterocycles. The third-order valence-electron chi connectivity index (χ3n) is 4.86. The first-order chi connectivity index (χ1) is 13.5. The van der Waals surface area contributed by atoms with Crippen LogP contribution < -0.4 is 19.7 Å². The van der Waals surface area contributed by atoms with E-state index in [1.54, 1.807) is 18.2 Å². The smallest absolute Gasteiger partial charge is 0.240 e. The highest BCUT2D eigenvalue weighted by molar-refractivity contribution is 7.89. The zero-order valence-electron chi connectivity index (χ0n) is 15.7. The van der Waals surface area contributed by atoms with E-state index in [0.29, 0.717) is 18.9 Å². The number of rotatable bonds is 6. The molecule has 0 radical (unpaired) electrons. The van der Waals surface area contributed by atoms with Crippen LogP contribution in [0, 0.1) is 0 Å². The number of ether oxygens (including phenoxy) is 1. The first-order valence-electron chi connectivity index (χ1n) is 9.24. The van der Waals surface area contributed by atoms with Gasteiger partial charge in [0.25, 0.3) is 0 Å². The lowest BCUT2D eigenvalue weighted by atomic mass is 10.1. The van der Waals surface area contributed by atoms with E-state index in [1.807, 2.05) is 42.3 Å². The number of anilines is 2. The van der Waals surface area contributed by atoms with Crippen LogP contribution in [0.1, 0.15) is 0 Å². The minimum absolute atomic E-state index is 0.244. The Kier molecular flexibility index (Phi) is 5.11. The van der Waals surface area contributed by atoms with Gasteiger partial charge in [-0.05, 0) is 29.7 Å². The monoisotopic (exact) mass is 397 g/mol. The predicted octanol–water partition coefficient (Wildman–Crippen LogP) is 3.06. The summed E-state index contributed by atoms with van der Waals surface area (Å²) >= 11 is 0. The molecule has 0 unspecified atom stereocenters. The summed E-state index contributed by atoms with van der Waals surface area (Å²) < 4.78 is 33.5. The Morgan fingerprint density at radius 2 is 1.86 bits per heavy atom. The largest absolute Gasteiger partial charge is 0.490 e. The van der Waals surface area contributed by atoms with Gasteiger partial charge < -0.3 is 15.0 Å². The van der Waals surface area contributed by atoms with E-state index < -0.39 is 10.0 Å². The second-order valence-electron chi connectivity index (χ2n) is 6.75. The van der Waals surface area contributed by atoms with Crippen LogP contribution in [-0.4, -0.2) is 41.7 Å². The van der Waals surface area contributed by atoms with Gasteiger partial charge in [-0.3, -0.25) is 0 Å². The second-order valence-corrected chi connectivity index (χ2v) is 8.52. The molecule has 0 amide bonds. The number of likely N-dealkylation sites (N-methyl/N-ethyl adjacent to an activating group) is 1. The van der Waals surface area contributed by atoms with Crippen molar-refractivity contribution in [1.82, 2.24) is 4.72 Å². The molecule has 146 valence electrons. The Morgan fingerprint density at radius 3 is 2.75 bits per heavy atom. The van der Waals surface area contributed by atoms with Gasteiger partial charge in [0.15, 0.2) is 0 Å². The van der Waals surface area contributed by atoms with E-state index in [4.69, 9.17) is 4.74 Å². The van der Waals surface area contributed by atoms with Crippen molar-refractivity contribution in [2.75, 3.05) is 43.5 Å². The lowest BCUT2D eigenvalue weighted by molar-refractivity contribution is 0.311. The summed E-state index contributed by atoms with van der Waals surface area (Å²) in [6.45, 7) is 2.11. The molecule has 6 nitrogen and oxygen atoms in total. The first-order valence-corrected chi connectivity index (χ1v) is 10.7.